The SMILES string of the molecule is CCCNc1ccc(Cl)cc1C(=O)N(CC)CCOCC. The van der Waals surface area contributed by atoms with Crippen molar-refractivity contribution in [3.8, 4) is 0 Å². The molecule has 5 heteroatoms. The summed E-state index contributed by atoms with van der Waals surface area (Å²) in [5.41, 5.74) is 1.45. The van der Waals surface area contributed by atoms with Crippen LogP contribution >= 0.6 is 11.6 Å². The molecule has 0 radical (unpaired) electrons. The standard InChI is InChI=1S/C16H25ClN2O2/c1-4-9-18-15-8-7-13(17)12-14(15)16(20)19(5-2)10-11-21-6-3/h7-8,12,18H,4-6,9-11H2,1-3H3. The average Bonchev–Trinajstić information content (AvgIpc) is 2.50. The van der Waals surface area contributed by atoms with Gasteiger partial charge in [0.1, 0.15) is 0 Å². The number of rotatable bonds is 9. The van der Waals surface area contributed by atoms with Crippen molar-refractivity contribution in [1.82, 2.24) is 4.90 Å². The van der Waals surface area contributed by atoms with E-state index in [0.717, 1.165) is 18.7 Å². The first-order chi connectivity index (χ1) is 10.1. The monoisotopic (exact) mass is 312 g/mol. The lowest BCUT2D eigenvalue weighted by atomic mass is 10.1. The van der Waals surface area contributed by atoms with Crippen LogP contribution in [0.1, 0.15) is 37.6 Å². The molecule has 0 aliphatic rings. The Morgan fingerprint density at radius 3 is 2.71 bits per heavy atom. The molecule has 0 atom stereocenters. The van der Waals surface area contributed by atoms with Crippen molar-refractivity contribution in [2.75, 3.05) is 38.2 Å². The first-order valence-electron chi connectivity index (χ1n) is 7.54. The zero-order valence-electron chi connectivity index (χ0n) is 13.1. The van der Waals surface area contributed by atoms with Gasteiger partial charge in [0, 0.05) is 37.0 Å². The Bertz CT molecular complexity index is 452. The molecule has 0 aliphatic heterocycles. The van der Waals surface area contributed by atoms with Crippen LogP contribution in [0, 0.1) is 0 Å². The van der Waals surface area contributed by atoms with Crippen LogP contribution in [0.15, 0.2) is 18.2 Å². The van der Waals surface area contributed by atoms with Gasteiger partial charge >= 0.3 is 0 Å². The molecule has 0 unspecified atom stereocenters. The summed E-state index contributed by atoms with van der Waals surface area (Å²) in [4.78, 5) is 14.5. The van der Waals surface area contributed by atoms with E-state index in [1.54, 1.807) is 17.0 Å². The Morgan fingerprint density at radius 2 is 2.10 bits per heavy atom. The molecule has 4 nitrogen and oxygen atoms in total. The van der Waals surface area contributed by atoms with Gasteiger partial charge in [0.05, 0.1) is 12.2 Å². The topological polar surface area (TPSA) is 41.6 Å². The van der Waals surface area contributed by atoms with Gasteiger partial charge in [-0.05, 0) is 38.5 Å². The number of hydrogen-bond acceptors (Lipinski definition) is 3. The van der Waals surface area contributed by atoms with Gasteiger partial charge in [-0.25, -0.2) is 0 Å². The first kappa shape index (κ1) is 17.8. The number of halogens is 1. The molecule has 0 saturated heterocycles. The van der Waals surface area contributed by atoms with E-state index in [1.807, 2.05) is 19.9 Å². The Kier molecular flexibility index (Phi) is 8.16. The maximum absolute atomic E-state index is 12.7. The van der Waals surface area contributed by atoms with Crippen LogP contribution in [-0.4, -0.2) is 43.7 Å². The Morgan fingerprint density at radius 1 is 1.33 bits per heavy atom. The van der Waals surface area contributed by atoms with Gasteiger partial charge in [0.25, 0.3) is 5.91 Å². The van der Waals surface area contributed by atoms with E-state index in [0.29, 0.717) is 36.9 Å². The number of carbonyl (C=O) groups is 1. The predicted molar refractivity (Wildman–Crippen MR) is 88.3 cm³/mol. The van der Waals surface area contributed by atoms with Crippen LogP contribution in [0.4, 0.5) is 5.69 Å². The number of anilines is 1. The molecule has 1 aromatic carbocycles. The molecular formula is C16H25ClN2O2. The smallest absolute Gasteiger partial charge is 0.256 e. The fraction of sp³-hybridized carbons (Fsp3) is 0.562. The minimum Gasteiger partial charge on any atom is -0.384 e. The highest BCUT2D eigenvalue weighted by Crippen LogP contribution is 2.22. The summed E-state index contributed by atoms with van der Waals surface area (Å²) in [6.45, 7) is 9.27. The highest BCUT2D eigenvalue weighted by Gasteiger charge is 2.18. The van der Waals surface area contributed by atoms with Crippen molar-refractivity contribution in [2.45, 2.75) is 27.2 Å². The molecule has 1 amide bonds. The Balaban J connectivity index is 2.89. The van der Waals surface area contributed by atoms with Crippen molar-refractivity contribution >= 4 is 23.2 Å². The lowest BCUT2D eigenvalue weighted by Crippen LogP contribution is -2.34. The zero-order chi connectivity index (χ0) is 15.7. The largest absolute Gasteiger partial charge is 0.384 e. The third-order valence-corrected chi connectivity index (χ3v) is 3.39. The van der Waals surface area contributed by atoms with Crippen molar-refractivity contribution in [3.05, 3.63) is 28.8 Å². The molecule has 118 valence electrons. The lowest BCUT2D eigenvalue weighted by molar-refractivity contribution is 0.0670. The minimum atomic E-state index is -0.0155. The van der Waals surface area contributed by atoms with Gasteiger partial charge in [-0.15, -0.1) is 0 Å². The number of nitrogens with one attached hydrogen (secondary N) is 1. The number of benzene rings is 1. The molecule has 21 heavy (non-hydrogen) atoms. The average molecular weight is 313 g/mol. The third-order valence-electron chi connectivity index (χ3n) is 3.16. The van der Waals surface area contributed by atoms with Crippen molar-refractivity contribution < 1.29 is 9.53 Å². The van der Waals surface area contributed by atoms with Crippen LogP contribution in [0.2, 0.25) is 5.02 Å². The highest BCUT2D eigenvalue weighted by molar-refractivity contribution is 6.31. The van der Waals surface area contributed by atoms with E-state index in [-0.39, 0.29) is 5.91 Å². The summed E-state index contributed by atoms with van der Waals surface area (Å²) in [6, 6.07) is 5.39. The lowest BCUT2D eigenvalue weighted by Gasteiger charge is -2.22. The molecule has 1 aromatic rings. The number of ether oxygens (including phenoxy) is 1. The zero-order valence-corrected chi connectivity index (χ0v) is 13.9. The van der Waals surface area contributed by atoms with E-state index in [9.17, 15) is 4.79 Å². The van der Waals surface area contributed by atoms with Crippen LogP contribution in [-0.2, 0) is 4.74 Å². The maximum Gasteiger partial charge on any atom is 0.256 e. The summed E-state index contributed by atoms with van der Waals surface area (Å²) in [6.07, 6.45) is 0.998. The van der Waals surface area contributed by atoms with Crippen LogP contribution in [0.25, 0.3) is 0 Å². The summed E-state index contributed by atoms with van der Waals surface area (Å²) >= 11 is 6.05. The van der Waals surface area contributed by atoms with Crippen molar-refractivity contribution in [1.29, 1.82) is 0 Å². The van der Waals surface area contributed by atoms with Gasteiger partial charge in [-0.1, -0.05) is 18.5 Å². The Labute approximate surface area is 132 Å². The second-order valence-corrected chi connectivity index (χ2v) is 5.13. The van der Waals surface area contributed by atoms with Gasteiger partial charge in [-0.3, -0.25) is 4.79 Å². The third kappa shape index (κ3) is 5.56. The second kappa shape index (κ2) is 9.64. The number of amides is 1. The van der Waals surface area contributed by atoms with E-state index in [4.69, 9.17) is 16.3 Å². The normalized spacial score (nSPS) is 10.5. The summed E-state index contributed by atoms with van der Waals surface area (Å²) in [5, 5.41) is 3.85. The first-order valence-corrected chi connectivity index (χ1v) is 7.92. The van der Waals surface area contributed by atoms with E-state index >= 15 is 0 Å². The predicted octanol–water partition coefficient (Wildman–Crippen LogP) is 3.66. The van der Waals surface area contributed by atoms with E-state index in [2.05, 4.69) is 12.2 Å². The number of likely N-dealkylation sites (N-methyl/N-ethyl adjacent to an activating group) is 1. The quantitative estimate of drug-likeness (QED) is 0.708. The van der Waals surface area contributed by atoms with Gasteiger partial charge in [0.15, 0.2) is 0 Å². The number of carbonyl (C=O) groups excluding carboxylic acids is 1. The summed E-state index contributed by atoms with van der Waals surface area (Å²) < 4.78 is 5.34. The molecular weight excluding hydrogens is 288 g/mol. The van der Waals surface area contributed by atoms with Crippen LogP contribution in [0.5, 0.6) is 0 Å². The summed E-state index contributed by atoms with van der Waals surface area (Å²) in [5.74, 6) is -0.0155. The fourth-order valence-corrected chi connectivity index (χ4v) is 2.17. The Hall–Kier alpha value is -1.26. The second-order valence-electron chi connectivity index (χ2n) is 4.70. The number of hydrogen-bond donors (Lipinski definition) is 1. The van der Waals surface area contributed by atoms with Gasteiger partial charge in [0.2, 0.25) is 0 Å². The molecule has 0 saturated carbocycles. The molecule has 0 fully saturated rings. The number of nitrogens with zero attached hydrogens (tertiary/aromatic N) is 1. The van der Waals surface area contributed by atoms with Gasteiger partial charge in [-0.2, -0.15) is 0 Å². The highest BCUT2D eigenvalue weighted by atomic mass is 35.5. The molecule has 0 spiro atoms. The molecule has 0 aromatic heterocycles. The molecule has 0 heterocycles. The molecule has 0 aliphatic carbocycles. The molecule has 1 N–H and O–H groups in total. The van der Waals surface area contributed by atoms with Crippen molar-refractivity contribution in [2.24, 2.45) is 0 Å². The minimum absolute atomic E-state index is 0.0155. The van der Waals surface area contributed by atoms with Crippen LogP contribution in [0.3, 0.4) is 0 Å². The van der Waals surface area contributed by atoms with Crippen molar-refractivity contribution in [3.63, 3.8) is 0 Å². The fourth-order valence-electron chi connectivity index (χ4n) is 2.00. The molecule has 0 bridgehead atoms. The summed E-state index contributed by atoms with van der Waals surface area (Å²) in [7, 11) is 0. The van der Waals surface area contributed by atoms with E-state index in [1.165, 1.54) is 0 Å². The van der Waals surface area contributed by atoms with Gasteiger partial charge < -0.3 is 15.0 Å². The molecule has 1 rings (SSSR count). The van der Waals surface area contributed by atoms with E-state index < -0.39 is 0 Å². The van der Waals surface area contributed by atoms with Crippen LogP contribution < -0.4 is 5.32 Å². The maximum atomic E-state index is 12.7.